The van der Waals surface area contributed by atoms with Crippen LogP contribution in [0, 0.1) is 0 Å². The van der Waals surface area contributed by atoms with E-state index in [1.54, 1.807) is 0 Å². The van der Waals surface area contributed by atoms with Gasteiger partial charge in [-0.3, -0.25) is 4.79 Å². The molecule has 1 aromatic rings. The Morgan fingerprint density at radius 1 is 0.268 bits per heavy atom. The third-order valence-electron chi connectivity index (χ3n) is 12.4. The molecule has 0 aliphatic carbocycles. The minimum atomic E-state index is -9.16. The molecular formula is C41H23F51O2S3. The van der Waals surface area contributed by atoms with Gasteiger partial charge in [-0.15, -0.1) is 0 Å². The Kier molecular flexibility index (Phi) is 24.9. The Hall–Kier alpha value is -3.83. The summed E-state index contributed by atoms with van der Waals surface area (Å²) in [5.41, 5.74) is -3.71. The van der Waals surface area contributed by atoms with E-state index in [9.17, 15) is 229 Å². The van der Waals surface area contributed by atoms with Crippen molar-refractivity contribution < 1.29 is 233 Å². The van der Waals surface area contributed by atoms with Gasteiger partial charge in [-0.05, 0) is 22.8 Å². The van der Waals surface area contributed by atoms with Gasteiger partial charge in [-0.25, -0.2) is 0 Å². The van der Waals surface area contributed by atoms with Gasteiger partial charge in [0.05, 0.1) is 0 Å². The quantitative estimate of drug-likeness (QED) is 0.0297. The van der Waals surface area contributed by atoms with Gasteiger partial charge in [0.2, 0.25) is 0 Å². The topological polar surface area (TPSA) is 26.3 Å². The Labute approximate surface area is 512 Å². The van der Waals surface area contributed by atoms with Crippen LogP contribution in [0.4, 0.5) is 224 Å². The van der Waals surface area contributed by atoms with Gasteiger partial charge in [-0.1, -0.05) is 12.1 Å². The molecule has 2 nitrogen and oxygen atoms in total. The standard InChI is InChI=1S/C41H23F51O2S3/c1-13(93)94-17-15(11-96-6-3-19(44,45)22(50,51)25(56,57)28(62,63)31(68,69)34(74,75)37(80,81)40(87,88)89)8-14(10-95-5-2-18(42,43)21(48,49)24(54,55)27(60,61)30(66,67)33(72,73)36(78,79)39(84,85)86)9-16(17)12-97-7-4-20(46,47)23(52,53)26(58,59)29(64,65)32(70,71)35(76,77)38(82,83)41(90,91)92/h8-9H,2-7,10-12H2,1H3. The first-order valence-corrected chi connectivity index (χ1v) is 26.5. The van der Waals surface area contributed by atoms with Crippen molar-refractivity contribution in [2.45, 2.75) is 186 Å². The summed E-state index contributed by atoms with van der Waals surface area (Å²) >= 11 is -2.15. The van der Waals surface area contributed by atoms with Crippen LogP contribution in [0.3, 0.4) is 0 Å². The van der Waals surface area contributed by atoms with Gasteiger partial charge in [0, 0.05) is 54.6 Å². The molecule has 0 unspecified atom stereocenters. The predicted molar refractivity (Wildman–Crippen MR) is 222 cm³/mol. The second-order valence-electron chi connectivity index (χ2n) is 19.2. The summed E-state index contributed by atoms with van der Waals surface area (Å²) in [5, 5.41) is 0. The molecule has 0 bridgehead atoms. The fourth-order valence-corrected chi connectivity index (χ4v) is 9.52. The highest BCUT2D eigenvalue weighted by molar-refractivity contribution is 7.99. The average molecular weight is 1610 g/mol. The Bertz CT molecular complexity index is 2750. The Morgan fingerprint density at radius 2 is 0.433 bits per heavy atom. The molecule has 1 rings (SSSR count). The van der Waals surface area contributed by atoms with E-state index in [2.05, 4.69) is 4.74 Å². The Balaban J connectivity index is 4.04. The molecule has 0 fully saturated rings. The van der Waals surface area contributed by atoms with E-state index in [1.165, 1.54) is 0 Å². The van der Waals surface area contributed by atoms with Crippen molar-refractivity contribution in [2.75, 3.05) is 17.3 Å². The lowest BCUT2D eigenvalue weighted by molar-refractivity contribution is -0.461. The molecule has 1 aromatic carbocycles. The van der Waals surface area contributed by atoms with Crippen LogP contribution in [0.25, 0.3) is 0 Å². The zero-order valence-corrected chi connectivity index (χ0v) is 46.8. The van der Waals surface area contributed by atoms with Gasteiger partial charge in [-0.2, -0.15) is 259 Å². The maximum Gasteiger partial charge on any atom is 0.460 e. The first-order valence-electron chi connectivity index (χ1n) is 23.0. The van der Waals surface area contributed by atoms with E-state index in [0.717, 1.165) is 0 Å². The predicted octanol–water partition coefficient (Wildman–Crippen LogP) is 21.5. The van der Waals surface area contributed by atoms with Crippen LogP contribution in [0.15, 0.2) is 12.1 Å². The molecule has 0 atom stereocenters. The molecule has 0 N–H and O–H groups in total. The van der Waals surface area contributed by atoms with E-state index in [-0.39, 0.29) is 19.1 Å². The van der Waals surface area contributed by atoms with E-state index in [1.807, 2.05) is 0 Å². The molecule has 0 saturated heterocycles. The van der Waals surface area contributed by atoms with Gasteiger partial charge < -0.3 is 4.74 Å². The maximum atomic E-state index is 14.7. The van der Waals surface area contributed by atoms with Gasteiger partial charge >= 0.3 is 149 Å². The number of rotatable bonds is 34. The van der Waals surface area contributed by atoms with Gasteiger partial charge in [0.1, 0.15) is 5.75 Å². The van der Waals surface area contributed by atoms with Crippen LogP contribution in [0.5, 0.6) is 5.75 Å². The first-order chi connectivity index (χ1) is 41.8. The number of benzene rings is 1. The largest absolute Gasteiger partial charge is 0.460 e. The van der Waals surface area contributed by atoms with E-state index in [0.29, 0.717) is 0 Å². The van der Waals surface area contributed by atoms with Crippen molar-refractivity contribution in [2.24, 2.45) is 0 Å². The molecule has 574 valence electrons. The molecule has 56 heteroatoms. The lowest BCUT2D eigenvalue weighted by Crippen LogP contribution is -2.74. The summed E-state index contributed by atoms with van der Waals surface area (Å²) in [6.07, 6.45) is -34.6. The molecule has 0 amide bonds. The number of hydrogen-bond acceptors (Lipinski definition) is 5. The highest BCUT2D eigenvalue weighted by Gasteiger charge is 2.98. The minimum absolute atomic E-state index is 0.119. The number of carbonyl (C=O) groups is 1. The van der Waals surface area contributed by atoms with Crippen molar-refractivity contribution in [3.05, 3.63) is 28.8 Å². The molecule has 0 aliphatic heterocycles. The lowest BCUT2D eigenvalue weighted by Gasteiger charge is -2.42. The number of thioether (sulfide) groups is 3. The second-order valence-corrected chi connectivity index (χ2v) is 22.5. The summed E-state index contributed by atoms with van der Waals surface area (Å²) in [7, 11) is 0. The van der Waals surface area contributed by atoms with Crippen molar-refractivity contribution in [1.82, 2.24) is 0 Å². The van der Waals surface area contributed by atoms with Crippen molar-refractivity contribution in [3.63, 3.8) is 0 Å². The number of ether oxygens (including phenoxy) is 1. The van der Waals surface area contributed by atoms with Gasteiger partial charge in [0.25, 0.3) is 0 Å². The third-order valence-corrected chi connectivity index (χ3v) is 15.4. The van der Waals surface area contributed by atoms with Crippen LogP contribution < -0.4 is 4.74 Å². The van der Waals surface area contributed by atoms with Crippen molar-refractivity contribution in [1.29, 1.82) is 0 Å². The molecule has 0 aliphatic rings. The zero-order chi connectivity index (χ0) is 78.5. The fraction of sp³-hybridized carbons (Fsp3) is 0.829. The van der Waals surface area contributed by atoms with Crippen LogP contribution >= 0.6 is 35.3 Å². The minimum Gasteiger partial charge on any atom is -0.426 e. The van der Waals surface area contributed by atoms with E-state index in [4.69, 9.17) is 0 Å². The molecule has 97 heavy (non-hydrogen) atoms. The van der Waals surface area contributed by atoms with Crippen LogP contribution in [0.1, 0.15) is 42.9 Å². The van der Waals surface area contributed by atoms with Crippen molar-refractivity contribution >= 4 is 41.3 Å². The molecular weight excluding hydrogens is 1590 g/mol. The third kappa shape index (κ3) is 14.3. The van der Waals surface area contributed by atoms with E-state index < -0.39 is 260 Å². The second kappa shape index (κ2) is 26.5. The van der Waals surface area contributed by atoms with Crippen molar-refractivity contribution in [3.8, 4) is 5.75 Å². The number of alkyl halides is 51. The highest BCUT2D eigenvalue weighted by Crippen LogP contribution is 2.68. The fourth-order valence-electron chi connectivity index (χ4n) is 6.61. The van der Waals surface area contributed by atoms with Crippen LogP contribution in [0.2, 0.25) is 0 Å². The zero-order valence-electron chi connectivity index (χ0n) is 44.3. The SMILES string of the molecule is CC(=O)Oc1c(CSCCC(F)(F)C(F)(F)C(F)(F)C(F)(F)C(F)(F)C(F)(F)C(F)(F)C(F)(F)F)cc(CSCCC(F)(F)C(F)(F)C(F)(F)C(F)(F)C(F)(F)C(F)(F)C(F)(F)C(F)(F)F)cc1CSCCC(F)(F)C(F)(F)C(F)(F)C(F)(F)C(F)(F)C(F)(F)C(F)(F)C(F)(F)F. The smallest absolute Gasteiger partial charge is 0.426 e. The summed E-state index contributed by atoms with van der Waals surface area (Å²) < 4.78 is 706. The monoisotopic (exact) mass is 1610 g/mol. The summed E-state index contributed by atoms with van der Waals surface area (Å²) in [5.74, 6) is -196. The summed E-state index contributed by atoms with van der Waals surface area (Å²) in [6, 6.07) is 0.238. The lowest BCUT2D eigenvalue weighted by atomic mass is 9.88. The molecule has 0 saturated carbocycles. The van der Waals surface area contributed by atoms with Gasteiger partial charge in [0.15, 0.2) is 0 Å². The normalized spacial score (nSPS) is 16.2. The summed E-state index contributed by atoms with van der Waals surface area (Å²) in [4.78, 5) is 12.0. The number of carbonyl (C=O) groups excluding carboxylic acids is 1. The molecule has 0 radical (unpaired) electrons. The number of hydrogen-bond donors (Lipinski definition) is 0. The number of esters is 1. The average Bonchev–Trinajstić information content (AvgIpc) is 0.708. The molecule has 0 spiro atoms. The molecule has 0 aromatic heterocycles. The molecule has 0 heterocycles. The van der Waals surface area contributed by atoms with Crippen LogP contribution in [-0.2, 0) is 22.1 Å². The van der Waals surface area contributed by atoms with Crippen LogP contribution in [-0.4, -0.2) is 166 Å². The Morgan fingerprint density at radius 3 is 0.608 bits per heavy atom. The number of halogens is 51. The highest BCUT2D eigenvalue weighted by atomic mass is 32.2. The first kappa shape index (κ1) is 91.2. The van der Waals surface area contributed by atoms with E-state index >= 15 is 0 Å². The maximum absolute atomic E-state index is 14.7. The summed E-state index contributed by atoms with van der Waals surface area (Å²) in [6.45, 7) is 0.182.